The van der Waals surface area contributed by atoms with Crippen LogP contribution in [0.1, 0.15) is 31.6 Å². The van der Waals surface area contributed by atoms with Gasteiger partial charge in [-0.15, -0.1) is 0 Å². The average Bonchev–Trinajstić information content (AvgIpc) is 2.96. The Morgan fingerprint density at radius 3 is 2.71 bits per heavy atom. The molecule has 0 bridgehead atoms. The van der Waals surface area contributed by atoms with Crippen LogP contribution in [0, 0.1) is 6.92 Å². The van der Waals surface area contributed by atoms with Crippen LogP contribution in [0.3, 0.4) is 0 Å². The Labute approximate surface area is 169 Å². The maximum atomic E-state index is 12.5. The van der Waals surface area contributed by atoms with Crippen LogP contribution in [-0.2, 0) is 35.1 Å². The molecule has 1 aliphatic rings. The fourth-order valence-electron chi connectivity index (χ4n) is 2.98. The van der Waals surface area contributed by atoms with Crippen LogP contribution in [-0.4, -0.2) is 60.2 Å². The lowest BCUT2D eigenvalue weighted by Crippen LogP contribution is -2.39. The molecule has 0 radical (unpaired) electrons. The van der Waals surface area contributed by atoms with Gasteiger partial charge in [0, 0.05) is 26.0 Å². The summed E-state index contributed by atoms with van der Waals surface area (Å²) in [7, 11) is 2.83. The fraction of sp³-hybridized carbons (Fsp3) is 0.750. The fourth-order valence-corrected chi connectivity index (χ4v) is 3.93. The van der Waals surface area contributed by atoms with E-state index in [0.717, 1.165) is 6.42 Å². The van der Waals surface area contributed by atoms with Gasteiger partial charge in [0.2, 0.25) is 0 Å². The number of anilines is 1. The summed E-state index contributed by atoms with van der Waals surface area (Å²) in [5, 5.41) is 0. The minimum atomic E-state index is -3.49. The molecule has 1 aliphatic heterocycles. The highest BCUT2D eigenvalue weighted by Crippen LogP contribution is 2.49. The molecule has 1 aromatic rings. The highest BCUT2D eigenvalue weighted by Gasteiger charge is 2.49. The molecule has 5 atom stereocenters. The largest absolute Gasteiger partial charge is 0.383 e. The normalized spacial score (nSPS) is 27.0. The lowest BCUT2D eigenvalue weighted by molar-refractivity contribution is -0.0787. The predicted molar refractivity (Wildman–Crippen MR) is 106 cm³/mol. The summed E-state index contributed by atoms with van der Waals surface area (Å²) in [6, 6.07) is 0. The number of rotatable bonds is 10. The van der Waals surface area contributed by atoms with Crippen molar-refractivity contribution in [2.75, 3.05) is 33.2 Å². The monoisotopic (exact) mass is 437 g/mol. The SMILES string of the molecule is CCC[C@H]1O[C@@H](n2cc(C)c(N)nc2=O)[C@@H](OCCOC)C1OP(O)(=S)OC. The molecule has 160 valence electrons. The molecule has 0 saturated carbocycles. The van der Waals surface area contributed by atoms with Gasteiger partial charge in [-0.1, -0.05) is 13.3 Å². The average molecular weight is 437 g/mol. The lowest BCUT2D eigenvalue weighted by Gasteiger charge is -2.27. The molecule has 28 heavy (non-hydrogen) atoms. The van der Waals surface area contributed by atoms with Gasteiger partial charge in [0.25, 0.3) is 0 Å². The number of hydrogen-bond donors (Lipinski definition) is 2. The van der Waals surface area contributed by atoms with E-state index in [9.17, 15) is 9.69 Å². The van der Waals surface area contributed by atoms with E-state index < -0.39 is 36.9 Å². The first-order valence-corrected chi connectivity index (χ1v) is 11.5. The Kier molecular flexibility index (Phi) is 8.53. The number of methoxy groups -OCH3 is 1. The summed E-state index contributed by atoms with van der Waals surface area (Å²) >= 11 is 5.01. The third-order valence-corrected chi connectivity index (χ3v) is 6.07. The molecule has 0 aromatic carbocycles. The third kappa shape index (κ3) is 5.58. The summed E-state index contributed by atoms with van der Waals surface area (Å²) < 4.78 is 29.0. The van der Waals surface area contributed by atoms with E-state index >= 15 is 0 Å². The standard InChI is InChI=1S/C16H28N3O7PS/c1-5-6-11-12(26-27(21,28)23-4)13(24-8-7-22-3)15(25-11)19-9-10(2)14(17)18-16(19)20/h9,11-13,15H,5-8H2,1-4H3,(H,21,28)(H2,17,18,20)/t11-,12?,13+,15-,27?/m1/s1. The van der Waals surface area contributed by atoms with Gasteiger partial charge >= 0.3 is 12.4 Å². The number of nitrogens with two attached hydrogens (primary N) is 1. The molecule has 1 aromatic heterocycles. The number of hydrogen-bond acceptors (Lipinski definition) is 9. The lowest BCUT2D eigenvalue weighted by atomic mass is 10.1. The van der Waals surface area contributed by atoms with Crippen LogP contribution in [0.25, 0.3) is 0 Å². The second-order valence-electron chi connectivity index (χ2n) is 6.40. The number of nitrogens with zero attached hydrogens (tertiary/aromatic N) is 2. The minimum Gasteiger partial charge on any atom is -0.383 e. The molecule has 12 heteroatoms. The Hall–Kier alpha value is -0.910. The molecular weight excluding hydrogens is 409 g/mol. The number of aryl methyl sites for hydroxylation is 1. The highest BCUT2D eigenvalue weighted by molar-refractivity contribution is 8.07. The number of ether oxygens (including phenoxy) is 3. The van der Waals surface area contributed by atoms with Crippen molar-refractivity contribution in [3.05, 3.63) is 22.2 Å². The van der Waals surface area contributed by atoms with Crippen LogP contribution in [0.5, 0.6) is 0 Å². The first kappa shape index (κ1) is 23.4. The van der Waals surface area contributed by atoms with Gasteiger partial charge < -0.3 is 29.4 Å². The van der Waals surface area contributed by atoms with Gasteiger partial charge in [-0.05, 0) is 25.2 Å². The van der Waals surface area contributed by atoms with E-state index in [-0.39, 0.29) is 12.4 Å². The topological polar surface area (TPSA) is 127 Å². The number of nitrogen functional groups attached to an aromatic ring is 1. The van der Waals surface area contributed by atoms with Crippen molar-refractivity contribution in [1.82, 2.24) is 9.55 Å². The zero-order chi connectivity index (χ0) is 20.9. The summed E-state index contributed by atoms with van der Waals surface area (Å²) in [4.78, 5) is 26.5. The Bertz CT molecular complexity index is 762. The molecule has 2 heterocycles. The summed E-state index contributed by atoms with van der Waals surface area (Å²) in [6.45, 7) is 0.805. The maximum Gasteiger partial charge on any atom is 0.351 e. The molecular formula is C16H28N3O7PS. The zero-order valence-electron chi connectivity index (χ0n) is 16.4. The Morgan fingerprint density at radius 1 is 1.39 bits per heavy atom. The molecule has 0 spiro atoms. The predicted octanol–water partition coefficient (Wildman–Crippen LogP) is 1.11. The van der Waals surface area contributed by atoms with E-state index in [2.05, 4.69) is 4.98 Å². The molecule has 10 nitrogen and oxygen atoms in total. The molecule has 2 unspecified atom stereocenters. The first-order valence-electron chi connectivity index (χ1n) is 8.92. The van der Waals surface area contributed by atoms with E-state index in [4.69, 9.17) is 40.8 Å². The van der Waals surface area contributed by atoms with Crippen molar-refractivity contribution in [1.29, 1.82) is 0 Å². The van der Waals surface area contributed by atoms with Crippen LogP contribution in [0.15, 0.2) is 11.0 Å². The minimum absolute atomic E-state index is 0.152. The second kappa shape index (κ2) is 10.2. The van der Waals surface area contributed by atoms with Crippen LogP contribution < -0.4 is 11.4 Å². The van der Waals surface area contributed by atoms with Gasteiger partial charge in [0.1, 0.15) is 18.0 Å². The van der Waals surface area contributed by atoms with E-state index in [1.807, 2.05) is 6.92 Å². The number of aromatic nitrogens is 2. The summed E-state index contributed by atoms with van der Waals surface area (Å²) in [5.74, 6) is 0.152. The first-order chi connectivity index (χ1) is 13.2. The van der Waals surface area contributed by atoms with Crippen molar-refractivity contribution in [2.24, 2.45) is 0 Å². The molecule has 2 rings (SSSR count). The van der Waals surface area contributed by atoms with Gasteiger partial charge in [0.05, 0.1) is 19.3 Å². The van der Waals surface area contributed by atoms with Crippen molar-refractivity contribution >= 4 is 24.3 Å². The van der Waals surface area contributed by atoms with Crippen LogP contribution >= 0.6 is 6.72 Å². The van der Waals surface area contributed by atoms with Crippen LogP contribution in [0.4, 0.5) is 5.82 Å². The summed E-state index contributed by atoms with van der Waals surface area (Å²) in [5.41, 5.74) is 5.78. The van der Waals surface area contributed by atoms with Gasteiger partial charge in [-0.2, -0.15) is 4.98 Å². The van der Waals surface area contributed by atoms with E-state index in [1.54, 1.807) is 20.2 Å². The molecule has 0 amide bonds. The Morgan fingerprint density at radius 2 is 2.11 bits per heavy atom. The van der Waals surface area contributed by atoms with Gasteiger partial charge in [-0.3, -0.25) is 9.09 Å². The maximum absolute atomic E-state index is 12.5. The second-order valence-corrected chi connectivity index (χ2v) is 9.30. The van der Waals surface area contributed by atoms with Gasteiger partial charge in [-0.25, -0.2) is 4.79 Å². The van der Waals surface area contributed by atoms with Gasteiger partial charge in [0.15, 0.2) is 6.23 Å². The molecule has 0 aliphatic carbocycles. The van der Waals surface area contributed by atoms with Crippen molar-refractivity contribution in [2.45, 2.75) is 51.2 Å². The third-order valence-electron chi connectivity index (χ3n) is 4.39. The summed E-state index contributed by atoms with van der Waals surface area (Å²) in [6.07, 6.45) is 0.207. The zero-order valence-corrected chi connectivity index (χ0v) is 18.2. The van der Waals surface area contributed by atoms with Crippen molar-refractivity contribution in [3.8, 4) is 0 Å². The molecule has 1 saturated heterocycles. The van der Waals surface area contributed by atoms with Crippen molar-refractivity contribution < 1.29 is 28.2 Å². The molecule has 3 N–H and O–H groups in total. The van der Waals surface area contributed by atoms with Crippen molar-refractivity contribution in [3.63, 3.8) is 0 Å². The van der Waals surface area contributed by atoms with E-state index in [1.165, 1.54) is 11.7 Å². The Balaban J connectivity index is 2.43. The molecule has 1 fully saturated rings. The highest BCUT2D eigenvalue weighted by atomic mass is 32.5. The van der Waals surface area contributed by atoms with Crippen LogP contribution in [0.2, 0.25) is 0 Å². The smallest absolute Gasteiger partial charge is 0.351 e. The quantitative estimate of drug-likeness (QED) is 0.406. The van der Waals surface area contributed by atoms with E-state index in [0.29, 0.717) is 18.6 Å².